The SMILES string of the molecule is [CH2]CC1CC[CH]OC(=O)NCC1C. The van der Waals surface area contributed by atoms with E-state index in [0.717, 1.165) is 19.3 Å². The zero-order chi connectivity index (χ0) is 9.68. The van der Waals surface area contributed by atoms with E-state index in [1.54, 1.807) is 6.61 Å². The number of ether oxygens (including phenoxy) is 1. The van der Waals surface area contributed by atoms with Crippen LogP contribution in [0, 0.1) is 25.4 Å². The first-order chi connectivity index (χ1) is 6.24. The Labute approximate surface area is 79.8 Å². The van der Waals surface area contributed by atoms with Crippen molar-refractivity contribution in [2.75, 3.05) is 6.54 Å². The average molecular weight is 183 g/mol. The molecule has 1 aliphatic rings. The fraction of sp³-hybridized carbons (Fsp3) is 0.700. The molecule has 74 valence electrons. The smallest absolute Gasteiger partial charge is 0.407 e. The van der Waals surface area contributed by atoms with Crippen molar-refractivity contribution in [2.45, 2.75) is 26.2 Å². The van der Waals surface area contributed by atoms with Crippen LogP contribution in [0.1, 0.15) is 26.2 Å². The van der Waals surface area contributed by atoms with Crippen LogP contribution >= 0.6 is 0 Å². The fourth-order valence-electron chi connectivity index (χ4n) is 1.58. The molecule has 1 fully saturated rings. The molecular weight excluding hydrogens is 166 g/mol. The number of cyclic esters (lactones) is 1. The molecule has 0 bridgehead atoms. The molecule has 2 unspecified atom stereocenters. The van der Waals surface area contributed by atoms with Gasteiger partial charge in [-0.1, -0.05) is 20.3 Å². The lowest BCUT2D eigenvalue weighted by Gasteiger charge is -2.20. The van der Waals surface area contributed by atoms with Gasteiger partial charge < -0.3 is 10.1 Å². The second-order valence-corrected chi connectivity index (χ2v) is 3.56. The van der Waals surface area contributed by atoms with E-state index < -0.39 is 0 Å². The van der Waals surface area contributed by atoms with Crippen LogP contribution in [0.25, 0.3) is 0 Å². The van der Waals surface area contributed by atoms with Crippen LogP contribution in [0.15, 0.2) is 0 Å². The largest absolute Gasteiger partial charge is 0.442 e. The summed E-state index contributed by atoms with van der Waals surface area (Å²) in [5.74, 6) is 1.06. The highest BCUT2D eigenvalue weighted by Crippen LogP contribution is 2.22. The van der Waals surface area contributed by atoms with Crippen molar-refractivity contribution < 1.29 is 9.53 Å². The van der Waals surface area contributed by atoms with E-state index in [-0.39, 0.29) is 6.09 Å². The van der Waals surface area contributed by atoms with E-state index in [0.29, 0.717) is 18.4 Å². The van der Waals surface area contributed by atoms with E-state index >= 15 is 0 Å². The predicted octanol–water partition coefficient (Wildman–Crippen LogP) is 2.14. The molecule has 3 nitrogen and oxygen atoms in total. The molecule has 2 atom stereocenters. The second kappa shape index (κ2) is 5.10. The van der Waals surface area contributed by atoms with E-state index in [1.165, 1.54) is 0 Å². The van der Waals surface area contributed by atoms with Gasteiger partial charge in [0.2, 0.25) is 0 Å². The Bertz CT molecular complexity index is 170. The lowest BCUT2D eigenvalue weighted by atomic mass is 9.88. The van der Waals surface area contributed by atoms with E-state index in [2.05, 4.69) is 19.2 Å². The maximum absolute atomic E-state index is 10.9. The molecule has 3 heteroatoms. The van der Waals surface area contributed by atoms with Gasteiger partial charge in [0, 0.05) is 6.54 Å². The Morgan fingerprint density at radius 1 is 1.77 bits per heavy atom. The van der Waals surface area contributed by atoms with Gasteiger partial charge in [0.25, 0.3) is 0 Å². The molecule has 1 heterocycles. The van der Waals surface area contributed by atoms with Crippen molar-refractivity contribution in [3.8, 4) is 0 Å². The molecule has 0 aromatic carbocycles. The molecular formula is C10H17NO2. The molecule has 0 aromatic rings. The quantitative estimate of drug-likeness (QED) is 0.676. The molecule has 2 radical (unpaired) electrons. The summed E-state index contributed by atoms with van der Waals surface area (Å²) < 4.78 is 4.81. The Balaban J connectivity index is 2.46. The highest BCUT2D eigenvalue weighted by molar-refractivity contribution is 5.67. The predicted molar refractivity (Wildman–Crippen MR) is 50.6 cm³/mol. The Morgan fingerprint density at radius 2 is 2.54 bits per heavy atom. The standard InChI is InChI=1S/C10H17NO2/c1-3-9-5-4-6-13-10(12)11-7-8(9)2/h6,8-9H,1,3-5,7H2,2H3,(H,11,12). The summed E-state index contributed by atoms with van der Waals surface area (Å²) in [5, 5.41) is 2.72. The first-order valence-corrected chi connectivity index (χ1v) is 4.79. The minimum atomic E-state index is -0.337. The molecule has 1 saturated heterocycles. The first-order valence-electron chi connectivity index (χ1n) is 4.79. The Kier molecular flexibility index (Phi) is 4.06. The van der Waals surface area contributed by atoms with Crippen LogP contribution in [0.3, 0.4) is 0 Å². The monoisotopic (exact) mass is 183 g/mol. The second-order valence-electron chi connectivity index (χ2n) is 3.56. The van der Waals surface area contributed by atoms with Crippen LogP contribution in [-0.4, -0.2) is 12.6 Å². The van der Waals surface area contributed by atoms with Gasteiger partial charge in [-0.15, -0.1) is 0 Å². The highest BCUT2D eigenvalue weighted by atomic mass is 16.5. The van der Waals surface area contributed by atoms with E-state index in [9.17, 15) is 4.79 Å². The van der Waals surface area contributed by atoms with Crippen LogP contribution in [-0.2, 0) is 4.74 Å². The number of nitrogens with one attached hydrogen (secondary N) is 1. The minimum absolute atomic E-state index is 0.337. The Hall–Kier alpha value is -0.730. The minimum Gasteiger partial charge on any atom is -0.442 e. The van der Waals surface area contributed by atoms with Gasteiger partial charge in [-0.2, -0.15) is 0 Å². The summed E-state index contributed by atoms with van der Waals surface area (Å²) in [6.45, 7) is 8.32. The lowest BCUT2D eigenvalue weighted by molar-refractivity contribution is 0.170. The highest BCUT2D eigenvalue weighted by Gasteiger charge is 2.18. The summed E-state index contributed by atoms with van der Waals surface area (Å²) in [7, 11) is 0. The summed E-state index contributed by atoms with van der Waals surface area (Å²) in [6.07, 6.45) is 2.47. The third-order valence-corrected chi connectivity index (χ3v) is 2.59. The maximum Gasteiger partial charge on any atom is 0.407 e. The number of rotatable bonds is 1. The average Bonchev–Trinajstić information content (AvgIpc) is 2.20. The number of amides is 1. The molecule has 0 saturated carbocycles. The zero-order valence-electron chi connectivity index (χ0n) is 8.08. The number of hydrogen-bond acceptors (Lipinski definition) is 2. The molecule has 1 aliphatic heterocycles. The molecule has 0 aliphatic carbocycles. The van der Waals surface area contributed by atoms with E-state index in [4.69, 9.17) is 4.74 Å². The van der Waals surface area contributed by atoms with Gasteiger partial charge in [-0.3, -0.25) is 0 Å². The van der Waals surface area contributed by atoms with Crippen LogP contribution < -0.4 is 5.32 Å². The first kappa shape index (κ1) is 10.4. The molecule has 13 heavy (non-hydrogen) atoms. The van der Waals surface area contributed by atoms with Crippen molar-refractivity contribution in [2.24, 2.45) is 11.8 Å². The number of carbonyl (C=O) groups is 1. The van der Waals surface area contributed by atoms with Gasteiger partial charge >= 0.3 is 6.09 Å². The topological polar surface area (TPSA) is 38.3 Å². The molecule has 1 rings (SSSR count). The third-order valence-electron chi connectivity index (χ3n) is 2.59. The van der Waals surface area contributed by atoms with Crippen molar-refractivity contribution >= 4 is 6.09 Å². The maximum atomic E-state index is 10.9. The molecule has 0 spiro atoms. The normalized spacial score (nSPS) is 30.8. The number of carbonyl (C=O) groups excluding carboxylic acids is 1. The molecule has 0 aromatic heterocycles. The number of alkyl carbamates (subject to hydrolysis) is 1. The van der Waals surface area contributed by atoms with Crippen LogP contribution in [0.2, 0.25) is 0 Å². The van der Waals surface area contributed by atoms with Crippen molar-refractivity contribution in [1.82, 2.24) is 5.32 Å². The number of hydrogen-bond donors (Lipinski definition) is 1. The summed E-state index contributed by atoms with van der Waals surface area (Å²) in [6, 6.07) is 0. The van der Waals surface area contributed by atoms with Gasteiger partial charge in [0.05, 0.1) is 0 Å². The van der Waals surface area contributed by atoms with Crippen molar-refractivity contribution in [3.63, 3.8) is 0 Å². The Morgan fingerprint density at radius 3 is 3.23 bits per heavy atom. The van der Waals surface area contributed by atoms with Crippen LogP contribution in [0.4, 0.5) is 4.79 Å². The lowest BCUT2D eigenvalue weighted by Crippen LogP contribution is -2.30. The van der Waals surface area contributed by atoms with Gasteiger partial charge in [-0.25, -0.2) is 4.79 Å². The van der Waals surface area contributed by atoms with Crippen LogP contribution in [0.5, 0.6) is 0 Å². The van der Waals surface area contributed by atoms with Crippen molar-refractivity contribution in [1.29, 1.82) is 0 Å². The van der Waals surface area contributed by atoms with Crippen molar-refractivity contribution in [3.05, 3.63) is 13.5 Å². The fourth-order valence-corrected chi connectivity index (χ4v) is 1.58. The zero-order valence-corrected chi connectivity index (χ0v) is 8.08. The third kappa shape index (κ3) is 3.25. The molecule has 1 N–H and O–H groups in total. The van der Waals surface area contributed by atoms with Gasteiger partial charge in [-0.05, 0) is 24.7 Å². The summed E-state index contributed by atoms with van der Waals surface area (Å²) in [5.41, 5.74) is 0. The van der Waals surface area contributed by atoms with E-state index in [1.807, 2.05) is 0 Å². The van der Waals surface area contributed by atoms with Gasteiger partial charge in [0.1, 0.15) is 6.61 Å². The summed E-state index contributed by atoms with van der Waals surface area (Å²) >= 11 is 0. The summed E-state index contributed by atoms with van der Waals surface area (Å²) in [4.78, 5) is 10.9. The molecule has 1 amide bonds. The van der Waals surface area contributed by atoms with Gasteiger partial charge in [0.15, 0.2) is 0 Å².